The van der Waals surface area contributed by atoms with Crippen molar-refractivity contribution in [2.24, 2.45) is 5.41 Å². The fourth-order valence-electron chi connectivity index (χ4n) is 1.82. The summed E-state index contributed by atoms with van der Waals surface area (Å²) in [5.74, 6) is 0.874. The number of methoxy groups -OCH3 is 1. The van der Waals surface area contributed by atoms with Gasteiger partial charge in [0.2, 0.25) is 0 Å². The Kier molecular flexibility index (Phi) is 3.51. The van der Waals surface area contributed by atoms with E-state index in [1.807, 2.05) is 39.0 Å². The molecule has 1 aliphatic rings. The minimum Gasteiger partial charge on any atom is -0.482 e. The summed E-state index contributed by atoms with van der Waals surface area (Å²) in [5.41, 5.74) is 2.79. The predicted octanol–water partition coefficient (Wildman–Crippen LogP) is 2.69. The summed E-state index contributed by atoms with van der Waals surface area (Å²) in [6.45, 7) is 6.45. The summed E-state index contributed by atoms with van der Waals surface area (Å²) in [4.78, 5) is 15.1. The number of allylic oxidation sites excluding steroid dienone is 1. The molecule has 0 spiro atoms. The van der Waals surface area contributed by atoms with Crippen molar-refractivity contribution in [2.75, 3.05) is 7.11 Å². The van der Waals surface area contributed by atoms with Crippen molar-refractivity contribution in [3.8, 4) is 0 Å². The van der Waals surface area contributed by atoms with Gasteiger partial charge in [0.15, 0.2) is 11.7 Å². The summed E-state index contributed by atoms with van der Waals surface area (Å²) >= 11 is 0. The van der Waals surface area contributed by atoms with E-state index in [2.05, 4.69) is 10.3 Å². The average molecular weight is 260 g/mol. The molecular formula is C15H20N2O2. The smallest absolute Gasteiger partial charge is 0.187 e. The van der Waals surface area contributed by atoms with Crippen LogP contribution in [0.5, 0.6) is 0 Å². The van der Waals surface area contributed by atoms with Gasteiger partial charge in [-0.1, -0.05) is 20.8 Å². The van der Waals surface area contributed by atoms with Crippen LogP contribution < -0.4 is 5.32 Å². The number of ketones is 1. The summed E-state index contributed by atoms with van der Waals surface area (Å²) < 4.78 is 5.16. The van der Waals surface area contributed by atoms with Crippen LogP contribution in [0.2, 0.25) is 0 Å². The molecule has 0 saturated heterocycles. The Hall–Kier alpha value is -1.97. The van der Waals surface area contributed by atoms with Crippen molar-refractivity contribution in [1.29, 1.82) is 0 Å². The third-order valence-corrected chi connectivity index (χ3v) is 3.05. The highest BCUT2D eigenvalue weighted by molar-refractivity contribution is 5.97. The van der Waals surface area contributed by atoms with Crippen LogP contribution in [0.15, 0.2) is 18.0 Å². The monoisotopic (exact) mass is 260 g/mol. The minimum absolute atomic E-state index is 0.117. The van der Waals surface area contributed by atoms with Crippen LogP contribution in [0.3, 0.4) is 0 Å². The first-order chi connectivity index (χ1) is 8.90. The van der Waals surface area contributed by atoms with Crippen LogP contribution in [0, 0.1) is 5.41 Å². The van der Waals surface area contributed by atoms with E-state index in [4.69, 9.17) is 4.74 Å². The topological polar surface area (TPSA) is 54.1 Å². The van der Waals surface area contributed by atoms with Crippen molar-refractivity contribution in [1.82, 2.24) is 10.3 Å². The molecular weight excluding hydrogens is 240 g/mol. The molecule has 0 fully saturated rings. The maximum absolute atomic E-state index is 11.8. The van der Waals surface area contributed by atoms with E-state index in [9.17, 15) is 4.79 Å². The van der Waals surface area contributed by atoms with Crippen molar-refractivity contribution in [3.63, 3.8) is 0 Å². The molecule has 0 saturated carbocycles. The van der Waals surface area contributed by atoms with E-state index in [1.165, 1.54) is 0 Å². The lowest BCUT2D eigenvalue weighted by Gasteiger charge is -2.14. The fourth-order valence-corrected chi connectivity index (χ4v) is 1.82. The van der Waals surface area contributed by atoms with Crippen LogP contribution in [-0.4, -0.2) is 17.9 Å². The lowest BCUT2D eigenvalue weighted by atomic mass is 9.90. The van der Waals surface area contributed by atoms with Gasteiger partial charge < -0.3 is 15.0 Å². The fraction of sp³-hybridized carbons (Fsp3) is 0.400. The van der Waals surface area contributed by atoms with Crippen molar-refractivity contribution < 1.29 is 9.53 Å². The maximum atomic E-state index is 11.8. The molecule has 0 amide bonds. The van der Waals surface area contributed by atoms with Gasteiger partial charge in [0.05, 0.1) is 13.7 Å². The molecule has 0 aliphatic carbocycles. The zero-order valence-electron chi connectivity index (χ0n) is 11.8. The minimum atomic E-state index is -0.340. The number of hydrogen-bond donors (Lipinski definition) is 2. The third kappa shape index (κ3) is 3.08. The first kappa shape index (κ1) is 13.5. The average Bonchev–Trinajstić information content (AvgIpc) is 2.76. The summed E-state index contributed by atoms with van der Waals surface area (Å²) in [7, 11) is 1.64. The number of nitrogens with one attached hydrogen (secondary N) is 2. The van der Waals surface area contributed by atoms with Gasteiger partial charge >= 0.3 is 0 Å². The number of H-pyrrole nitrogens is 1. The Bertz CT molecular complexity index is 545. The zero-order chi connectivity index (χ0) is 14.0. The predicted molar refractivity (Wildman–Crippen MR) is 76.1 cm³/mol. The van der Waals surface area contributed by atoms with E-state index in [1.54, 1.807) is 13.2 Å². The van der Waals surface area contributed by atoms with Crippen molar-refractivity contribution in [3.05, 3.63) is 35.0 Å². The number of carbonyl (C=O) groups is 1. The molecule has 4 heteroatoms. The van der Waals surface area contributed by atoms with Crippen LogP contribution in [0.25, 0.3) is 12.2 Å². The second kappa shape index (κ2) is 4.96. The number of ether oxygens (including phenoxy) is 1. The van der Waals surface area contributed by atoms with Gasteiger partial charge in [0.1, 0.15) is 0 Å². The standard InChI is InChI=1S/C15H20N2O2/c1-15(2,3)13(18)6-5-11-7-10-8-14(19-4)16-9-12(10)17-11/h5-8,16-17H,9H2,1-4H3/b6-5+. The quantitative estimate of drug-likeness (QED) is 0.822. The highest BCUT2D eigenvalue weighted by Gasteiger charge is 2.18. The van der Waals surface area contributed by atoms with E-state index in [0.29, 0.717) is 6.54 Å². The van der Waals surface area contributed by atoms with Crippen LogP contribution in [0.1, 0.15) is 37.7 Å². The molecule has 1 aliphatic heterocycles. The van der Waals surface area contributed by atoms with Crippen LogP contribution >= 0.6 is 0 Å². The second-order valence-corrected chi connectivity index (χ2v) is 5.67. The van der Waals surface area contributed by atoms with Gasteiger partial charge in [0, 0.05) is 28.4 Å². The molecule has 0 unspecified atom stereocenters. The van der Waals surface area contributed by atoms with E-state index in [-0.39, 0.29) is 11.2 Å². The van der Waals surface area contributed by atoms with Crippen molar-refractivity contribution >= 4 is 17.9 Å². The van der Waals surface area contributed by atoms with E-state index >= 15 is 0 Å². The molecule has 2 heterocycles. The molecule has 102 valence electrons. The Morgan fingerprint density at radius 3 is 2.79 bits per heavy atom. The number of aromatic amines is 1. The lowest BCUT2D eigenvalue weighted by molar-refractivity contribution is -0.121. The highest BCUT2D eigenvalue weighted by atomic mass is 16.5. The second-order valence-electron chi connectivity index (χ2n) is 5.67. The molecule has 0 bridgehead atoms. The Balaban J connectivity index is 2.17. The number of hydrogen-bond acceptors (Lipinski definition) is 3. The molecule has 4 nitrogen and oxygen atoms in total. The lowest BCUT2D eigenvalue weighted by Crippen LogP contribution is -2.18. The third-order valence-electron chi connectivity index (χ3n) is 3.05. The largest absolute Gasteiger partial charge is 0.482 e. The Morgan fingerprint density at radius 1 is 1.42 bits per heavy atom. The van der Waals surface area contributed by atoms with Gasteiger partial charge in [-0.2, -0.15) is 0 Å². The van der Waals surface area contributed by atoms with Gasteiger partial charge in [-0.25, -0.2) is 0 Å². The first-order valence-electron chi connectivity index (χ1n) is 6.34. The van der Waals surface area contributed by atoms with Crippen LogP contribution in [-0.2, 0) is 16.1 Å². The molecule has 2 N–H and O–H groups in total. The number of fused-ring (bicyclic) bond motifs is 1. The van der Waals surface area contributed by atoms with E-state index < -0.39 is 0 Å². The van der Waals surface area contributed by atoms with Gasteiger partial charge in [-0.15, -0.1) is 0 Å². The SMILES string of the molecule is COC1=Cc2cc(/C=C/C(=O)C(C)(C)C)[nH]c2CN1. The zero-order valence-corrected chi connectivity index (χ0v) is 11.8. The Labute approximate surface area is 113 Å². The molecule has 19 heavy (non-hydrogen) atoms. The molecule has 0 atom stereocenters. The highest BCUT2D eigenvalue weighted by Crippen LogP contribution is 2.21. The molecule has 1 aromatic heterocycles. The molecule has 0 aromatic carbocycles. The maximum Gasteiger partial charge on any atom is 0.187 e. The summed E-state index contributed by atoms with van der Waals surface area (Å²) in [6, 6.07) is 2.02. The Morgan fingerprint density at radius 2 is 2.16 bits per heavy atom. The normalized spacial score (nSPS) is 14.8. The molecule has 2 rings (SSSR count). The van der Waals surface area contributed by atoms with Crippen LogP contribution in [0.4, 0.5) is 0 Å². The van der Waals surface area contributed by atoms with Gasteiger partial charge in [0.25, 0.3) is 0 Å². The first-order valence-corrected chi connectivity index (χ1v) is 6.34. The summed E-state index contributed by atoms with van der Waals surface area (Å²) in [5, 5.41) is 3.14. The number of rotatable bonds is 3. The molecule has 1 aromatic rings. The number of aromatic nitrogens is 1. The van der Waals surface area contributed by atoms with Gasteiger partial charge in [-0.05, 0) is 18.2 Å². The van der Waals surface area contributed by atoms with Crippen molar-refractivity contribution in [2.45, 2.75) is 27.3 Å². The van der Waals surface area contributed by atoms with E-state index in [0.717, 1.165) is 22.8 Å². The van der Waals surface area contributed by atoms with Gasteiger partial charge in [-0.3, -0.25) is 4.79 Å². The summed E-state index contributed by atoms with van der Waals surface area (Å²) in [6.07, 6.45) is 5.40. The molecule has 0 radical (unpaired) electrons. The number of carbonyl (C=O) groups excluding carboxylic acids is 1.